The normalized spacial score (nSPS) is 28.9. The fraction of sp³-hybridized carbons (Fsp3) is 0.688. The maximum atomic E-state index is 5.90. The number of hydrogen-bond acceptors (Lipinski definition) is 4. The van der Waals surface area contributed by atoms with E-state index < -0.39 is 0 Å². The van der Waals surface area contributed by atoms with Gasteiger partial charge in [0.1, 0.15) is 5.82 Å². The van der Waals surface area contributed by atoms with Crippen LogP contribution in [0.1, 0.15) is 36.9 Å². The predicted octanol–water partition coefficient (Wildman–Crippen LogP) is 2.01. The maximum Gasteiger partial charge on any atom is 0.128 e. The molecule has 1 aromatic heterocycles. The average Bonchev–Trinajstić information content (AvgIpc) is 3.22. The predicted molar refractivity (Wildman–Crippen MR) is 78.9 cm³/mol. The second-order valence-electron chi connectivity index (χ2n) is 6.43. The molecule has 4 heteroatoms. The van der Waals surface area contributed by atoms with Crippen LogP contribution in [0.2, 0.25) is 0 Å². The lowest BCUT2D eigenvalue weighted by Crippen LogP contribution is -2.43. The van der Waals surface area contributed by atoms with Crippen molar-refractivity contribution in [3.05, 3.63) is 23.4 Å². The van der Waals surface area contributed by atoms with Crippen LogP contribution < -0.4 is 10.2 Å². The largest absolute Gasteiger partial charge is 0.371 e. The molecule has 2 aliphatic heterocycles. The first-order chi connectivity index (χ1) is 9.78. The van der Waals surface area contributed by atoms with E-state index in [4.69, 9.17) is 9.72 Å². The molecule has 0 amide bonds. The molecule has 4 nitrogen and oxygen atoms in total. The van der Waals surface area contributed by atoms with E-state index in [1.54, 1.807) is 0 Å². The molecule has 108 valence electrons. The molecule has 1 saturated carbocycles. The van der Waals surface area contributed by atoms with E-state index in [1.807, 2.05) is 0 Å². The van der Waals surface area contributed by atoms with E-state index >= 15 is 0 Å². The van der Waals surface area contributed by atoms with Crippen LogP contribution in [-0.4, -0.2) is 36.3 Å². The number of nitrogens with one attached hydrogen (secondary N) is 1. The van der Waals surface area contributed by atoms with Crippen molar-refractivity contribution >= 4 is 5.82 Å². The Balaban J connectivity index is 1.46. The summed E-state index contributed by atoms with van der Waals surface area (Å²) in [6.07, 6.45) is 5.94. The van der Waals surface area contributed by atoms with E-state index in [9.17, 15) is 0 Å². The van der Waals surface area contributed by atoms with E-state index in [0.717, 1.165) is 37.2 Å². The molecule has 3 fully saturated rings. The highest BCUT2D eigenvalue weighted by Gasteiger charge is 2.34. The Morgan fingerprint density at radius 3 is 2.60 bits per heavy atom. The number of aromatic nitrogens is 1. The van der Waals surface area contributed by atoms with E-state index in [0.29, 0.717) is 12.2 Å². The number of nitrogens with zero attached hydrogens (tertiary/aromatic N) is 2. The van der Waals surface area contributed by atoms with Gasteiger partial charge in [0, 0.05) is 31.4 Å². The number of aryl methyl sites for hydroxylation is 1. The zero-order chi connectivity index (χ0) is 13.5. The molecule has 2 saturated heterocycles. The number of rotatable bonds is 4. The van der Waals surface area contributed by atoms with Crippen molar-refractivity contribution in [3.63, 3.8) is 0 Å². The van der Waals surface area contributed by atoms with Crippen molar-refractivity contribution in [2.24, 2.45) is 0 Å². The third kappa shape index (κ3) is 2.54. The van der Waals surface area contributed by atoms with Crippen LogP contribution >= 0.6 is 0 Å². The van der Waals surface area contributed by atoms with Crippen LogP contribution in [-0.2, 0) is 11.3 Å². The van der Waals surface area contributed by atoms with E-state index in [2.05, 4.69) is 29.3 Å². The Bertz CT molecular complexity index is 488. The highest BCUT2D eigenvalue weighted by Crippen LogP contribution is 2.29. The number of anilines is 1. The van der Waals surface area contributed by atoms with Crippen molar-refractivity contribution in [2.75, 3.05) is 18.0 Å². The van der Waals surface area contributed by atoms with Gasteiger partial charge in [-0.15, -0.1) is 0 Å². The first kappa shape index (κ1) is 12.6. The van der Waals surface area contributed by atoms with Gasteiger partial charge in [0.25, 0.3) is 0 Å². The minimum atomic E-state index is 0.423. The summed E-state index contributed by atoms with van der Waals surface area (Å²) in [4.78, 5) is 7.22. The number of hydrogen-bond donors (Lipinski definition) is 1. The lowest BCUT2D eigenvalue weighted by Gasteiger charge is -2.33. The molecule has 2 atom stereocenters. The Morgan fingerprint density at radius 2 is 1.95 bits per heavy atom. The Labute approximate surface area is 120 Å². The molecule has 3 aliphatic rings. The second-order valence-corrected chi connectivity index (χ2v) is 6.43. The van der Waals surface area contributed by atoms with Gasteiger partial charge in [0.2, 0.25) is 0 Å². The van der Waals surface area contributed by atoms with Crippen LogP contribution in [0.25, 0.3) is 0 Å². The number of ether oxygens (including phenoxy) is 1. The molecule has 0 radical (unpaired) electrons. The standard InChI is InChI=1S/C16H23N3O/c1-11-12(8-17-13-3-4-13)2-7-16(18-11)19-9-14-5-6-15(10-19)20-14/h2,7,13-15,17H,3-6,8-10H2,1H3. The third-order valence-corrected chi connectivity index (χ3v) is 4.71. The average molecular weight is 273 g/mol. The highest BCUT2D eigenvalue weighted by molar-refractivity contribution is 5.43. The Kier molecular flexibility index (Phi) is 3.15. The summed E-state index contributed by atoms with van der Waals surface area (Å²) in [7, 11) is 0. The maximum absolute atomic E-state index is 5.90. The summed E-state index contributed by atoms with van der Waals surface area (Å²) in [5.41, 5.74) is 2.49. The molecule has 20 heavy (non-hydrogen) atoms. The van der Waals surface area contributed by atoms with E-state index in [1.165, 1.54) is 31.2 Å². The highest BCUT2D eigenvalue weighted by atomic mass is 16.5. The van der Waals surface area contributed by atoms with Crippen molar-refractivity contribution < 1.29 is 4.74 Å². The zero-order valence-electron chi connectivity index (χ0n) is 12.1. The number of morpholine rings is 1. The topological polar surface area (TPSA) is 37.4 Å². The molecule has 2 bridgehead atoms. The first-order valence-electron chi connectivity index (χ1n) is 7.88. The fourth-order valence-electron chi connectivity index (χ4n) is 3.28. The summed E-state index contributed by atoms with van der Waals surface area (Å²) in [5, 5.41) is 3.56. The van der Waals surface area contributed by atoms with Gasteiger partial charge in [-0.3, -0.25) is 0 Å². The minimum Gasteiger partial charge on any atom is -0.371 e. The van der Waals surface area contributed by atoms with Gasteiger partial charge in [0.15, 0.2) is 0 Å². The third-order valence-electron chi connectivity index (χ3n) is 4.71. The molecule has 4 rings (SSSR count). The van der Waals surface area contributed by atoms with Crippen LogP contribution in [0.4, 0.5) is 5.82 Å². The zero-order valence-corrected chi connectivity index (χ0v) is 12.1. The van der Waals surface area contributed by atoms with Gasteiger partial charge in [-0.25, -0.2) is 4.98 Å². The van der Waals surface area contributed by atoms with Gasteiger partial charge in [0.05, 0.1) is 12.2 Å². The molecule has 1 N–H and O–H groups in total. The minimum absolute atomic E-state index is 0.423. The smallest absolute Gasteiger partial charge is 0.128 e. The summed E-state index contributed by atoms with van der Waals surface area (Å²) in [5.74, 6) is 1.12. The quantitative estimate of drug-likeness (QED) is 0.910. The van der Waals surface area contributed by atoms with Crippen molar-refractivity contribution in [1.29, 1.82) is 0 Å². The summed E-state index contributed by atoms with van der Waals surface area (Å²) >= 11 is 0. The van der Waals surface area contributed by atoms with Gasteiger partial charge in [-0.05, 0) is 44.2 Å². The first-order valence-corrected chi connectivity index (χ1v) is 7.88. The molecular formula is C16H23N3O. The molecular weight excluding hydrogens is 250 g/mol. The number of pyridine rings is 1. The molecule has 1 aliphatic carbocycles. The molecule has 0 aromatic carbocycles. The Hall–Kier alpha value is -1.13. The van der Waals surface area contributed by atoms with E-state index in [-0.39, 0.29) is 0 Å². The number of fused-ring (bicyclic) bond motifs is 2. The van der Waals surface area contributed by atoms with Crippen LogP contribution in [0.15, 0.2) is 12.1 Å². The summed E-state index contributed by atoms with van der Waals surface area (Å²) < 4.78 is 5.90. The summed E-state index contributed by atoms with van der Waals surface area (Å²) in [6, 6.07) is 5.18. The Morgan fingerprint density at radius 1 is 1.20 bits per heavy atom. The lowest BCUT2D eigenvalue weighted by molar-refractivity contribution is 0.0302. The molecule has 3 heterocycles. The second kappa shape index (κ2) is 5.01. The van der Waals surface area contributed by atoms with Gasteiger partial charge < -0.3 is 15.0 Å². The summed E-state index contributed by atoms with van der Waals surface area (Å²) in [6.45, 7) is 5.09. The lowest BCUT2D eigenvalue weighted by atomic mass is 10.2. The van der Waals surface area contributed by atoms with Crippen molar-refractivity contribution in [1.82, 2.24) is 10.3 Å². The van der Waals surface area contributed by atoms with Crippen molar-refractivity contribution in [2.45, 2.75) is 57.4 Å². The van der Waals surface area contributed by atoms with Gasteiger partial charge >= 0.3 is 0 Å². The van der Waals surface area contributed by atoms with Crippen molar-refractivity contribution in [3.8, 4) is 0 Å². The van der Waals surface area contributed by atoms with Gasteiger partial charge in [-0.1, -0.05) is 6.07 Å². The molecule has 1 aromatic rings. The fourth-order valence-corrected chi connectivity index (χ4v) is 3.28. The molecule has 0 spiro atoms. The molecule has 2 unspecified atom stereocenters. The van der Waals surface area contributed by atoms with Gasteiger partial charge in [-0.2, -0.15) is 0 Å². The monoisotopic (exact) mass is 273 g/mol. The van der Waals surface area contributed by atoms with Crippen LogP contribution in [0.3, 0.4) is 0 Å². The SMILES string of the molecule is Cc1nc(N2CC3CCC(C2)O3)ccc1CNC1CC1. The van der Waals surface area contributed by atoms with Crippen LogP contribution in [0.5, 0.6) is 0 Å². The van der Waals surface area contributed by atoms with Crippen LogP contribution in [0, 0.1) is 6.92 Å².